The summed E-state index contributed by atoms with van der Waals surface area (Å²) in [6.45, 7) is 5.34. The molecule has 0 heterocycles. The van der Waals surface area contributed by atoms with E-state index in [1.54, 1.807) is 0 Å². The summed E-state index contributed by atoms with van der Waals surface area (Å²) >= 11 is 9.49. The molecule has 1 N–H and O–H groups in total. The van der Waals surface area contributed by atoms with Gasteiger partial charge in [0.25, 0.3) is 0 Å². The van der Waals surface area contributed by atoms with Gasteiger partial charge in [0.05, 0.1) is 0 Å². The van der Waals surface area contributed by atoms with Crippen molar-refractivity contribution in [2.24, 2.45) is 0 Å². The molecule has 0 amide bonds. The lowest BCUT2D eigenvalue weighted by Gasteiger charge is -2.16. The standard InChI is InChI=1S/C17H19BrClNO/c1-3-10-20-12(2)16-9-8-15(11-17(16)18)21-14-6-4-13(19)5-7-14/h4-9,11-12,20H,3,10H2,1-2H3. The van der Waals surface area contributed by atoms with Crippen LogP contribution in [0.3, 0.4) is 0 Å². The zero-order valence-electron chi connectivity index (χ0n) is 12.2. The van der Waals surface area contributed by atoms with Crippen molar-refractivity contribution in [2.45, 2.75) is 26.3 Å². The summed E-state index contributed by atoms with van der Waals surface area (Å²) < 4.78 is 6.87. The van der Waals surface area contributed by atoms with E-state index in [0.717, 1.165) is 28.9 Å². The maximum absolute atomic E-state index is 5.87. The molecule has 0 fully saturated rings. The molecule has 0 saturated carbocycles. The van der Waals surface area contributed by atoms with Crippen LogP contribution in [0.5, 0.6) is 11.5 Å². The summed E-state index contributed by atoms with van der Waals surface area (Å²) in [5.74, 6) is 1.58. The van der Waals surface area contributed by atoms with Crippen molar-refractivity contribution < 1.29 is 4.74 Å². The summed E-state index contributed by atoms with van der Waals surface area (Å²) in [4.78, 5) is 0. The zero-order chi connectivity index (χ0) is 15.2. The normalized spacial score (nSPS) is 12.2. The lowest BCUT2D eigenvalue weighted by Crippen LogP contribution is -2.19. The van der Waals surface area contributed by atoms with Crippen LogP contribution in [0, 0.1) is 0 Å². The average molecular weight is 369 g/mol. The predicted molar refractivity (Wildman–Crippen MR) is 92.4 cm³/mol. The van der Waals surface area contributed by atoms with Crippen LogP contribution in [0.4, 0.5) is 0 Å². The number of ether oxygens (including phenoxy) is 1. The van der Waals surface area contributed by atoms with Gasteiger partial charge >= 0.3 is 0 Å². The maximum Gasteiger partial charge on any atom is 0.128 e. The molecular weight excluding hydrogens is 350 g/mol. The molecule has 0 aromatic heterocycles. The van der Waals surface area contributed by atoms with Crippen LogP contribution in [0.25, 0.3) is 0 Å². The smallest absolute Gasteiger partial charge is 0.128 e. The number of hydrogen-bond acceptors (Lipinski definition) is 2. The average Bonchev–Trinajstić information content (AvgIpc) is 2.47. The van der Waals surface area contributed by atoms with Crippen LogP contribution in [-0.2, 0) is 0 Å². The second-order valence-corrected chi connectivity index (χ2v) is 6.21. The Labute approximate surface area is 139 Å². The predicted octanol–water partition coefficient (Wildman–Crippen LogP) is 5.96. The summed E-state index contributed by atoms with van der Waals surface area (Å²) in [5, 5.41) is 4.18. The third kappa shape index (κ3) is 4.73. The first-order valence-corrected chi connectivity index (χ1v) is 8.23. The highest BCUT2D eigenvalue weighted by molar-refractivity contribution is 9.10. The summed E-state index contributed by atoms with van der Waals surface area (Å²) in [6.07, 6.45) is 1.12. The fourth-order valence-corrected chi connectivity index (χ4v) is 2.86. The maximum atomic E-state index is 5.87. The van der Waals surface area contributed by atoms with Gasteiger partial charge in [-0.25, -0.2) is 0 Å². The molecule has 0 radical (unpaired) electrons. The molecule has 0 saturated heterocycles. The summed E-state index contributed by atoms with van der Waals surface area (Å²) in [7, 11) is 0. The van der Waals surface area contributed by atoms with Gasteiger partial charge in [-0.3, -0.25) is 0 Å². The van der Waals surface area contributed by atoms with Crippen molar-refractivity contribution in [2.75, 3.05) is 6.54 Å². The Balaban J connectivity index is 2.09. The van der Waals surface area contributed by atoms with Crippen molar-refractivity contribution >= 4 is 27.5 Å². The number of nitrogens with one attached hydrogen (secondary N) is 1. The quantitative estimate of drug-likeness (QED) is 0.679. The van der Waals surface area contributed by atoms with Crippen LogP contribution in [-0.4, -0.2) is 6.54 Å². The minimum Gasteiger partial charge on any atom is -0.457 e. The zero-order valence-corrected chi connectivity index (χ0v) is 14.5. The summed E-state index contributed by atoms with van der Waals surface area (Å²) in [5.41, 5.74) is 1.23. The largest absolute Gasteiger partial charge is 0.457 e. The van der Waals surface area contributed by atoms with Gasteiger partial charge in [-0.15, -0.1) is 0 Å². The number of rotatable bonds is 6. The van der Waals surface area contributed by atoms with Crippen LogP contribution in [0.15, 0.2) is 46.9 Å². The molecule has 2 aromatic rings. The van der Waals surface area contributed by atoms with Crippen molar-refractivity contribution in [3.8, 4) is 11.5 Å². The van der Waals surface area contributed by atoms with Gasteiger partial charge in [-0.1, -0.05) is 40.5 Å². The van der Waals surface area contributed by atoms with Gasteiger partial charge in [0.2, 0.25) is 0 Å². The Morgan fingerprint density at radius 3 is 2.43 bits per heavy atom. The van der Waals surface area contributed by atoms with Crippen molar-refractivity contribution in [3.63, 3.8) is 0 Å². The summed E-state index contributed by atoms with van der Waals surface area (Å²) in [6, 6.07) is 13.7. The Morgan fingerprint density at radius 2 is 1.81 bits per heavy atom. The topological polar surface area (TPSA) is 21.3 Å². The monoisotopic (exact) mass is 367 g/mol. The first-order chi connectivity index (χ1) is 10.1. The Morgan fingerprint density at radius 1 is 1.14 bits per heavy atom. The lowest BCUT2D eigenvalue weighted by molar-refractivity contribution is 0.481. The van der Waals surface area contributed by atoms with Crippen molar-refractivity contribution in [3.05, 3.63) is 57.5 Å². The van der Waals surface area contributed by atoms with E-state index in [-0.39, 0.29) is 0 Å². The number of hydrogen-bond donors (Lipinski definition) is 1. The van der Waals surface area contributed by atoms with Gasteiger partial charge in [-0.05, 0) is 61.9 Å². The van der Waals surface area contributed by atoms with E-state index in [0.29, 0.717) is 11.1 Å². The van der Waals surface area contributed by atoms with Crippen LogP contribution >= 0.6 is 27.5 Å². The van der Waals surface area contributed by atoms with E-state index in [1.165, 1.54) is 5.56 Å². The van der Waals surface area contributed by atoms with Gasteiger partial charge in [0, 0.05) is 15.5 Å². The van der Waals surface area contributed by atoms with Crippen LogP contribution in [0.1, 0.15) is 31.9 Å². The third-order valence-corrected chi connectivity index (χ3v) is 4.13. The van der Waals surface area contributed by atoms with Crippen LogP contribution in [0.2, 0.25) is 5.02 Å². The molecule has 0 aliphatic heterocycles. The van der Waals surface area contributed by atoms with E-state index in [4.69, 9.17) is 16.3 Å². The molecule has 0 bridgehead atoms. The van der Waals surface area contributed by atoms with Crippen molar-refractivity contribution in [1.29, 1.82) is 0 Å². The Hall–Kier alpha value is -1.03. The molecule has 0 aliphatic rings. The highest BCUT2D eigenvalue weighted by Gasteiger charge is 2.09. The van der Waals surface area contributed by atoms with Gasteiger partial charge in [0.15, 0.2) is 0 Å². The van der Waals surface area contributed by atoms with E-state index in [9.17, 15) is 0 Å². The van der Waals surface area contributed by atoms with Crippen molar-refractivity contribution in [1.82, 2.24) is 5.32 Å². The fraction of sp³-hybridized carbons (Fsp3) is 0.294. The SMILES string of the molecule is CCCNC(C)c1ccc(Oc2ccc(Cl)cc2)cc1Br. The van der Waals surface area contributed by atoms with E-state index < -0.39 is 0 Å². The molecular formula is C17H19BrClNO. The molecule has 21 heavy (non-hydrogen) atoms. The van der Waals surface area contributed by atoms with Crippen LogP contribution < -0.4 is 10.1 Å². The second kappa shape index (κ2) is 7.83. The molecule has 2 rings (SSSR count). The Kier molecular flexibility index (Phi) is 6.09. The van der Waals surface area contributed by atoms with Gasteiger partial charge in [0.1, 0.15) is 11.5 Å². The Bertz CT molecular complexity index is 586. The fourth-order valence-electron chi connectivity index (χ4n) is 2.03. The molecule has 0 spiro atoms. The van der Waals surface area contributed by atoms with Gasteiger partial charge < -0.3 is 10.1 Å². The molecule has 4 heteroatoms. The first kappa shape index (κ1) is 16.3. The minimum absolute atomic E-state index is 0.309. The molecule has 1 atom stereocenters. The highest BCUT2D eigenvalue weighted by Crippen LogP contribution is 2.30. The van der Waals surface area contributed by atoms with E-state index in [2.05, 4.69) is 41.2 Å². The van der Waals surface area contributed by atoms with E-state index in [1.807, 2.05) is 36.4 Å². The molecule has 2 nitrogen and oxygen atoms in total. The third-order valence-electron chi connectivity index (χ3n) is 3.19. The van der Waals surface area contributed by atoms with E-state index >= 15 is 0 Å². The number of benzene rings is 2. The van der Waals surface area contributed by atoms with Gasteiger partial charge in [-0.2, -0.15) is 0 Å². The molecule has 2 aromatic carbocycles. The molecule has 112 valence electrons. The highest BCUT2D eigenvalue weighted by atomic mass is 79.9. The molecule has 1 unspecified atom stereocenters. The number of halogens is 2. The minimum atomic E-state index is 0.309. The molecule has 0 aliphatic carbocycles. The lowest BCUT2D eigenvalue weighted by atomic mass is 10.1. The second-order valence-electron chi connectivity index (χ2n) is 4.92. The first-order valence-electron chi connectivity index (χ1n) is 7.06.